The van der Waals surface area contributed by atoms with E-state index in [1.165, 1.54) is 0 Å². The Bertz CT molecular complexity index is 427. The van der Waals surface area contributed by atoms with Crippen molar-refractivity contribution in [3.05, 3.63) is 28.2 Å². The van der Waals surface area contributed by atoms with Crippen LogP contribution < -0.4 is 4.74 Å². The normalized spacial score (nSPS) is 17.7. The van der Waals surface area contributed by atoms with Gasteiger partial charge in [-0.1, -0.05) is 42.1 Å². The zero-order chi connectivity index (χ0) is 12.3. The van der Waals surface area contributed by atoms with Gasteiger partial charge in [0.15, 0.2) is 5.75 Å². The van der Waals surface area contributed by atoms with Crippen LogP contribution >= 0.6 is 23.2 Å². The number of hydrogen-bond acceptors (Lipinski definition) is 2. The molecule has 1 aromatic rings. The molecule has 0 atom stereocenters. The maximum Gasteiger partial charge on any atom is 0.156 e. The molecule has 0 spiro atoms. The van der Waals surface area contributed by atoms with Crippen LogP contribution in [0.1, 0.15) is 25.7 Å². The van der Waals surface area contributed by atoms with E-state index in [0.717, 1.165) is 25.7 Å². The summed E-state index contributed by atoms with van der Waals surface area (Å²) in [6, 6.07) is 7.61. The summed E-state index contributed by atoms with van der Waals surface area (Å²) >= 11 is 12.0. The van der Waals surface area contributed by atoms with Gasteiger partial charge in [0.2, 0.25) is 0 Å². The molecule has 0 N–H and O–H groups in total. The van der Waals surface area contributed by atoms with Crippen LogP contribution in [0.15, 0.2) is 18.2 Å². The number of nitriles is 1. The Morgan fingerprint density at radius 3 is 2.35 bits per heavy atom. The molecule has 0 aliphatic heterocycles. The number of ether oxygens (including phenoxy) is 1. The van der Waals surface area contributed by atoms with E-state index in [4.69, 9.17) is 27.9 Å². The smallest absolute Gasteiger partial charge is 0.156 e. The molecule has 90 valence electrons. The number of benzene rings is 1. The molecule has 0 unspecified atom stereocenters. The molecule has 1 aromatic carbocycles. The first-order chi connectivity index (χ1) is 8.17. The van der Waals surface area contributed by atoms with Crippen molar-refractivity contribution in [2.24, 2.45) is 5.41 Å². The Hall–Kier alpha value is -0.910. The molecule has 4 heteroatoms. The second kappa shape index (κ2) is 5.16. The Kier molecular flexibility index (Phi) is 3.81. The van der Waals surface area contributed by atoms with Crippen LogP contribution in [-0.4, -0.2) is 6.61 Å². The minimum atomic E-state index is -0.359. The molecule has 0 radical (unpaired) electrons. The van der Waals surface area contributed by atoms with E-state index in [1.807, 2.05) is 0 Å². The average molecular weight is 270 g/mol. The summed E-state index contributed by atoms with van der Waals surface area (Å²) in [5, 5.41) is 10.2. The summed E-state index contributed by atoms with van der Waals surface area (Å²) in [6.45, 7) is 0.368. The summed E-state index contributed by atoms with van der Waals surface area (Å²) in [5.41, 5.74) is -0.359. The van der Waals surface area contributed by atoms with Gasteiger partial charge in [-0.05, 0) is 25.0 Å². The van der Waals surface area contributed by atoms with Crippen molar-refractivity contribution < 1.29 is 4.74 Å². The van der Waals surface area contributed by atoms with E-state index in [2.05, 4.69) is 6.07 Å². The van der Waals surface area contributed by atoms with Crippen LogP contribution in [0.3, 0.4) is 0 Å². The minimum Gasteiger partial charge on any atom is -0.489 e. The van der Waals surface area contributed by atoms with E-state index in [1.54, 1.807) is 18.2 Å². The zero-order valence-electron chi connectivity index (χ0n) is 9.38. The molecule has 0 heterocycles. The van der Waals surface area contributed by atoms with Gasteiger partial charge in [0.05, 0.1) is 21.5 Å². The topological polar surface area (TPSA) is 33.0 Å². The van der Waals surface area contributed by atoms with E-state index < -0.39 is 0 Å². The van der Waals surface area contributed by atoms with E-state index in [9.17, 15) is 5.26 Å². The van der Waals surface area contributed by atoms with Crippen molar-refractivity contribution in [2.45, 2.75) is 25.7 Å². The highest BCUT2D eigenvalue weighted by Crippen LogP contribution is 2.40. The molecule has 0 aromatic heterocycles. The number of hydrogen-bond donors (Lipinski definition) is 0. The molecule has 17 heavy (non-hydrogen) atoms. The molecular weight excluding hydrogens is 257 g/mol. The molecule has 1 fully saturated rings. The molecule has 0 amide bonds. The lowest BCUT2D eigenvalue weighted by Gasteiger charge is -2.21. The van der Waals surface area contributed by atoms with Gasteiger partial charge in [-0.2, -0.15) is 5.26 Å². The zero-order valence-corrected chi connectivity index (χ0v) is 10.9. The molecule has 2 nitrogen and oxygen atoms in total. The second-order valence-corrected chi connectivity index (χ2v) is 5.25. The van der Waals surface area contributed by atoms with Crippen molar-refractivity contribution in [2.75, 3.05) is 6.61 Å². The van der Waals surface area contributed by atoms with Gasteiger partial charge in [-0.3, -0.25) is 0 Å². The molecule has 0 saturated heterocycles. The van der Waals surface area contributed by atoms with Gasteiger partial charge in [-0.25, -0.2) is 0 Å². The average Bonchev–Trinajstić information content (AvgIpc) is 2.78. The van der Waals surface area contributed by atoms with Crippen LogP contribution in [0.4, 0.5) is 0 Å². The third-order valence-corrected chi connectivity index (χ3v) is 3.80. The number of halogens is 2. The summed E-state index contributed by atoms with van der Waals surface area (Å²) in [6.07, 6.45) is 3.97. The molecule has 0 bridgehead atoms. The SMILES string of the molecule is N#CC1(COc2c(Cl)cccc2Cl)CCCC1. The van der Waals surface area contributed by atoms with Crippen LogP contribution in [0.5, 0.6) is 5.75 Å². The first kappa shape index (κ1) is 12.5. The van der Waals surface area contributed by atoms with Crippen LogP contribution in [0.2, 0.25) is 10.0 Å². The third kappa shape index (κ3) is 2.68. The third-order valence-electron chi connectivity index (χ3n) is 3.21. The minimum absolute atomic E-state index is 0.359. The van der Waals surface area contributed by atoms with Crippen molar-refractivity contribution in [1.82, 2.24) is 0 Å². The Morgan fingerprint density at radius 2 is 1.82 bits per heavy atom. The number of rotatable bonds is 3. The lowest BCUT2D eigenvalue weighted by molar-refractivity contribution is 0.201. The lowest BCUT2D eigenvalue weighted by atomic mass is 9.89. The summed E-state index contributed by atoms with van der Waals surface area (Å²) in [7, 11) is 0. The fraction of sp³-hybridized carbons (Fsp3) is 0.462. The first-order valence-corrected chi connectivity index (χ1v) is 6.40. The van der Waals surface area contributed by atoms with Crippen molar-refractivity contribution in [3.8, 4) is 11.8 Å². The Balaban J connectivity index is 2.10. The summed E-state index contributed by atoms with van der Waals surface area (Å²) in [4.78, 5) is 0. The van der Waals surface area contributed by atoms with Crippen molar-refractivity contribution in [3.63, 3.8) is 0 Å². The molecule has 1 saturated carbocycles. The molecule has 2 rings (SSSR count). The largest absolute Gasteiger partial charge is 0.489 e. The van der Waals surface area contributed by atoms with Gasteiger partial charge >= 0.3 is 0 Å². The van der Waals surface area contributed by atoms with Crippen molar-refractivity contribution >= 4 is 23.2 Å². The van der Waals surface area contributed by atoms with E-state index in [0.29, 0.717) is 22.4 Å². The second-order valence-electron chi connectivity index (χ2n) is 4.44. The van der Waals surface area contributed by atoms with Gasteiger partial charge in [-0.15, -0.1) is 0 Å². The van der Waals surface area contributed by atoms with Crippen LogP contribution in [0, 0.1) is 16.7 Å². The predicted octanol–water partition coefficient (Wildman–Crippen LogP) is 4.46. The van der Waals surface area contributed by atoms with E-state index in [-0.39, 0.29) is 5.41 Å². The lowest BCUT2D eigenvalue weighted by Crippen LogP contribution is -2.23. The monoisotopic (exact) mass is 269 g/mol. The van der Waals surface area contributed by atoms with Gasteiger partial charge < -0.3 is 4.74 Å². The quantitative estimate of drug-likeness (QED) is 0.812. The molecule has 1 aliphatic carbocycles. The number of nitrogens with zero attached hydrogens (tertiary/aromatic N) is 1. The maximum atomic E-state index is 9.24. The standard InChI is InChI=1S/C13H13Cl2NO/c14-10-4-3-5-11(15)12(10)17-9-13(8-16)6-1-2-7-13/h3-5H,1-2,6-7,9H2. The Labute approximate surface area is 111 Å². The predicted molar refractivity (Wildman–Crippen MR) is 68.5 cm³/mol. The van der Waals surface area contributed by atoms with Crippen LogP contribution in [-0.2, 0) is 0 Å². The van der Waals surface area contributed by atoms with E-state index >= 15 is 0 Å². The van der Waals surface area contributed by atoms with Gasteiger partial charge in [0, 0.05) is 0 Å². The summed E-state index contributed by atoms with van der Waals surface area (Å²) in [5.74, 6) is 0.484. The van der Waals surface area contributed by atoms with Gasteiger partial charge in [0.1, 0.15) is 6.61 Å². The molecule has 1 aliphatic rings. The highest BCUT2D eigenvalue weighted by molar-refractivity contribution is 6.37. The fourth-order valence-electron chi connectivity index (χ4n) is 2.17. The maximum absolute atomic E-state index is 9.24. The van der Waals surface area contributed by atoms with Crippen LogP contribution in [0.25, 0.3) is 0 Å². The number of para-hydroxylation sites is 1. The first-order valence-electron chi connectivity index (χ1n) is 5.65. The summed E-state index contributed by atoms with van der Waals surface area (Å²) < 4.78 is 5.66. The highest BCUT2D eigenvalue weighted by Gasteiger charge is 2.35. The fourth-order valence-corrected chi connectivity index (χ4v) is 2.68. The highest BCUT2D eigenvalue weighted by atomic mass is 35.5. The van der Waals surface area contributed by atoms with Crippen molar-refractivity contribution in [1.29, 1.82) is 5.26 Å². The van der Waals surface area contributed by atoms with Gasteiger partial charge in [0.25, 0.3) is 0 Å². The Morgan fingerprint density at radius 1 is 1.24 bits per heavy atom. The molecular formula is C13H13Cl2NO.